The standard InChI is InChI=1S/C12H17F2NOSi/c13-10(14)3-9-4-12(8-16)6-11(1-2-11)7-15(12,17)5-9/h3,9,16H,1-2,4-8H2/q+1/t9-,12?,15?/m0/s1. The van der Waals surface area contributed by atoms with Gasteiger partial charge in [-0.25, -0.2) is 0 Å². The minimum Gasteiger partial charge on any atom is -0.390 e. The molecule has 3 rings (SSSR count). The number of fused-ring (bicyclic) bond motifs is 1. The second kappa shape index (κ2) is 3.39. The fraction of sp³-hybridized carbons (Fsp3) is 0.833. The molecule has 1 N–H and O–H groups in total. The zero-order valence-corrected chi connectivity index (χ0v) is 10.8. The average Bonchev–Trinajstić information content (AvgIpc) is 2.81. The molecule has 2 heterocycles. The molecule has 0 aromatic carbocycles. The molecule has 1 saturated carbocycles. The third-order valence-corrected chi connectivity index (χ3v) is 5.83. The van der Waals surface area contributed by atoms with Crippen LogP contribution >= 0.6 is 0 Å². The summed E-state index contributed by atoms with van der Waals surface area (Å²) in [6, 6.07) is 0. The van der Waals surface area contributed by atoms with E-state index >= 15 is 0 Å². The molecule has 0 aromatic rings. The maximum absolute atomic E-state index is 12.4. The predicted molar refractivity (Wildman–Crippen MR) is 60.3 cm³/mol. The van der Waals surface area contributed by atoms with Gasteiger partial charge in [0.15, 0.2) is 0 Å². The molecule has 2 saturated heterocycles. The molecule has 1 aliphatic carbocycles. The molecule has 1 spiro atoms. The summed E-state index contributed by atoms with van der Waals surface area (Å²) in [7, 11) is 3.80. The van der Waals surface area contributed by atoms with E-state index in [1.54, 1.807) is 0 Å². The largest absolute Gasteiger partial charge is 0.450 e. The summed E-state index contributed by atoms with van der Waals surface area (Å²) < 4.78 is 25.3. The Morgan fingerprint density at radius 2 is 2.18 bits per heavy atom. The maximum atomic E-state index is 12.4. The number of hydrogen-bond acceptors (Lipinski definition) is 1. The zero-order chi connectivity index (χ0) is 12.3. The lowest BCUT2D eigenvalue weighted by atomic mass is 9.86. The Balaban J connectivity index is 1.87. The van der Waals surface area contributed by atoms with Crippen LogP contribution in [0.15, 0.2) is 12.2 Å². The minimum atomic E-state index is -1.59. The van der Waals surface area contributed by atoms with E-state index in [0.29, 0.717) is 22.5 Å². The molecule has 3 aliphatic rings. The molecule has 0 amide bonds. The zero-order valence-electron chi connectivity index (χ0n) is 9.75. The Hall–Kier alpha value is -0.263. The third-order valence-electron chi connectivity index (χ3n) is 5.02. The predicted octanol–water partition coefficient (Wildman–Crippen LogP) is 1.60. The van der Waals surface area contributed by atoms with Gasteiger partial charge in [-0.1, -0.05) is 0 Å². The van der Waals surface area contributed by atoms with Crippen molar-refractivity contribution in [2.24, 2.45) is 11.3 Å². The molecule has 5 heteroatoms. The molecule has 93 valence electrons. The monoisotopic (exact) mass is 257 g/mol. The second-order valence-corrected chi connectivity index (χ2v) is 7.14. The molecule has 3 radical (unpaired) electrons. The molecule has 2 unspecified atom stereocenters. The summed E-state index contributed by atoms with van der Waals surface area (Å²) in [5, 5.41) is 9.75. The lowest BCUT2D eigenvalue weighted by Crippen LogP contribution is -2.56. The highest BCUT2D eigenvalue weighted by Gasteiger charge is 2.69. The van der Waals surface area contributed by atoms with E-state index in [9.17, 15) is 13.9 Å². The van der Waals surface area contributed by atoms with Crippen LogP contribution < -0.4 is 0 Å². The van der Waals surface area contributed by atoms with Gasteiger partial charge in [0.2, 0.25) is 0 Å². The van der Waals surface area contributed by atoms with Crippen molar-refractivity contribution in [2.45, 2.75) is 31.2 Å². The number of hydrogen-bond donors (Lipinski definition) is 1. The van der Waals surface area contributed by atoms with Gasteiger partial charge in [-0.2, -0.15) is 8.78 Å². The molecular formula is C12H17F2NOSi+. The van der Waals surface area contributed by atoms with Gasteiger partial charge in [-0.3, -0.25) is 0 Å². The van der Waals surface area contributed by atoms with Gasteiger partial charge in [0, 0.05) is 24.2 Å². The van der Waals surface area contributed by atoms with Crippen LogP contribution in [0.4, 0.5) is 8.78 Å². The Labute approximate surface area is 103 Å². The van der Waals surface area contributed by atoms with Crippen molar-refractivity contribution in [2.75, 3.05) is 19.7 Å². The van der Waals surface area contributed by atoms with Gasteiger partial charge >= 0.3 is 10.4 Å². The Morgan fingerprint density at radius 1 is 1.47 bits per heavy atom. The van der Waals surface area contributed by atoms with E-state index in [1.165, 1.54) is 12.8 Å². The average molecular weight is 257 g/mol. The summed E-state index contributed by atoms with van der Waals surface area (Å²) >= 11 is 0. The first-order valence-electron chi connectivity index (χ1n) is 6.19. The topological polar surface area (TPSA) is 20.2 Å². The number of aliphatic hydroxyl groups excluding tert-OH is 1. The van der Waals surface area contributed by atoms with Crippen LogP contribution in [0.3, 0.4) is 0 Å². The van der Waals surface area contributed by atoms with Crippen LogP contribution in [0.5, 0.6) is 0 Å². The maximum Gasteiger partial charge on any atom is 0.450 e. The Morgan fingerprint density at radius 3 is 2.65 bits per heavy atom. The number of aliphatic hydroxyl groups is 1. The smallest absolute Gasteiger partial charge is 0.390 e. The van der Waals surface area contributed by atoms with Crippen LogP contribution in [-0.4, -0.2) is 44.9 Å². The Kier molecular flexibility index (Phi) is 2.36. The molecule has 3 atom stereocenters. The van der Waals surface area contributed by atoms with Crippen molar-refractivity contribution in [3.05, 3.63) is 12.2 Å². The molecule has 0 aromatic heterocycles. The van der Waals surface area contributed by atoms with Crippen molar-refractivity contribution >= 4 is 10.4 Å². The van der Waals surface area contributed by atoms with E-state index in [1.807, 2.05) is 0 Å². The number of quaternary nitrogens is 1. The van der Waals surface area contributed by atoms with Gasteiger partial charge in [0.1, 0.15) is 5.54 Å². The number of rotatable bonds is 2. The first kappa shape index (κ1) is 11.8. The first-order valence-corrected chi connectivity index (χ1v) is 6.63. The molecule has 2 aliphatic heterocycles. The molecule has 17 heavy (non-hydrogen) atoms. The van der Waals surface area contributed by atoms with Crippen LogP contribution in [0.1, 0.15) is 25.7 Å². The summed E-state index contributed by atoms with van der Waals surface area (Å²) in [5.41, 5.74) is 0.164. The van der Waals surface area contributed by atoms with E-state index in [2.05, 4.69) is 10.4 Å². The van der Waals surface area contributed by atoms with E-state index in [4.69, 9.17) is 0 Å². The fourth-order valence-corrected chi connectivity index (χ4v) is 4.97. The summed E-state index contributed by atoms with van der Waals surface area (Å²) in [5.74, 6) is -0.110. The molecule has 0 bridgehead atoms. The van der Waals surface area contributed by atoms with Gasteiger partial charge in [0.25, 0.3) is 6.08 Å². The minimum absolute atomic E-state index is 0.0937. The fourth-order valence-electron chi connectivity index (χ4n) is 4.16. The van der Waals surface area contributed by atoms with Crippen LogP contribution in [0.2, 0.25) is 0 Å². The summed E-state index contributed by atoms with van der Waals surface area (Å²) in [4.78, 5) is 0. The lowest BCUT2D eigenvalue weighted by Gasteiger charge is -2.39. The van der Waals surface area contributed by atoms with Gasteiger partial charge in [-0.05, 0) is 18.9 Å². The van der Waals surface area contributed by atoms with Crippen LogP contribution in [0.25, 0.3) is 0 Å². The lowest BCUT2D eigenvalue weighted by molar-refractivity contribution is -0.847. The first-order chi connectivity index (χ1) is 7.93. The normalized spacial score (nSPS) is 46.0. The van der Waals surface area contributed by atoms with Crippen molar-refractivity contribution < 1.29 is 18.0 Å². The number of nitrogens with zero attached hydrogens (tertiary/aromatic N) is 1. The van der Waals surface area contributed by atoms with E-state index < -0.39 is 6.08 Å². The van der Waals surface area contributed by atoms with Crippen molar-refractivity contribution in [3.63, 3.8) is 0 Å². The van der Waals surface area contributed by atoms with E-state index in [0.717, 1.165) is 19.0 Å². The molecular weight excluding hydrogens is 240 g/mol. The van der Waals surface area contributed by atoms with Crippen LogP contribution in [0, 0.1) is 11.3 Å². The second-order valence-electron chi connectivity index (χ2n) is 6.29. The van der Waals surface area contributed by atoms with Crippen molar-refractivity contribution in [3.8, 4) is 0 Å². The summed E-state index contributed by atoms with van der Waals surface area (Å²) in [6.45, 7) is 1.76. The van der Waals surface area contributed by atoms with Gasteiger partial charge < -0.3 is 9.26 Å². The van der Waals surface area contributed by atoms with Crippen molar-refractivity contribution in [1.82, 2.24) is 0 Å². The highest BCUT2D eigenvalue weighted by atomic mass is 28.2. The van der Waals surface area contributed by atoms with Gasteiger partial charge in [0.05, 0.1) is 19.7 Å². The SMILES string of the molecule is OCC12C[C@H](C=C(F)F)C[N+]1([Si])CC1(CC1)C2. The number of halogens is 2. The summed E-state index contributed by atoms with van der Waals surface area (Å²) in [6.07, 6.45) is 3.59. The molecule has 3 fully saturated rings. The molecule has 2 nitrogen and oxygen atoms in total. The van der Waals surface area contributed by atoms with Crippen molar-refractivity contribution in [1.29, 1.82) is 0 Å². The van der Waals surface area contributed by atoms with E-state index in [-0.39, 0.29) is 18.1 Å². The highest BCUT2D eigenvalue weighted by Crippen LogP contribution is 2.63. The third kappa shape index (κ3) is 1.63. The Bertz CT molecular complexity index is 381. The van der Waals surface area contributed by atoms with Crippen LogP contribution in [-0.2, 0) is 0 Å². The highest BCUT2D eigenvalue weighted by molar-refractivity contribution is 5.98. The quantitative estimate of drug-likeness (QED) is 0.745. The van der Waals surface area contributed by atoms with Gasteiger partial charge in [-0.15, -0.1) is 0 Å².